The summed E-state index contributed by atoms with van der Waals surface area (Å²) in [5, 5.41) is 2.95. The van der Waals surface area contributed by atoms with Crippen molar-refractivity contribution in [3.63, 3.8) is 0 Å². The molecule has 0 aliphatic rings. The maximum absolute atomic E-state index is 13.3. The smallest absolute Gasteiger partial charge is 0.251 e. The van der Waals surface area contributed by atoms with Crippen LogP contribution in [0.5, 0.6) is 0 Å². The van der Waals surface area contributed by atoms with Crippen molar-refractivity contribution in [3.8, 4) is 11.4 Å². The summed E-state index contributed by atoms with van der Waals surface area (Å²) in [7, 11) is 3.91. The van der Waals surface area contributed by atoms with Crippen LogP contribution >= 0.6 is 0 Å². The molecular weight excluding hydrogens is 381 g/mol. The van der Waals surface area contributed by atoms with Crippen LogP contribution < -0.4 is 10.2 Å². The van der Waals surface area contributed by atoms with Crippen LogP contribution in [0.4, 0.5) is 10.1 Å². The van der Waals surface area contributed by atoms with Gasteiger partial charge < -0.3 is 14.8 Å². The number of imidazole rings is 1. The molecule has 0 fully saturated rings. The van der Waals surface area contributed by atoms with E-state index in [0.717, 1.165) is 22.4 Å². The van der Waals surface area contributed by atoms with E-state index in [9.17, 15) is 9.18 Å². The molecule has 4 aromatic rings. The summed E-state index contributed by atoms with van der Waals surface area (Å²) in [4.78, 5) is 23.6. The van der Waals surface area contributed by atoms with Gasteiger partial charge >= 0.3 is 0 Å². The van der Waals surface area contributed by atoms with Gasteiger partial charge in [-0.2, -0.15) is 0 Å². The number of fused-ring (bicyclic) bond motifs is 1. The molecule has 0 aliphatic heterocycles. The molecule has 0 bridgehead atoms. The zero-order valence-corrected chi connectivity index (χ0v) is 16.8. The van der Waals surface area contributed by atoms with Crippen LogP contribution in [0.3, 0.4) is 0 Å². The van der Waals surface area contributed by atoms with Crippen molar-refractivity contribution in [3.05, 3.63) is 78.2 Å². The normalized spacial score (nSPS) is 10.9. The zero-order chi connectivity index (χ0) is 21.1. The van der Waals surface area contributed by atoms with E-state index < -0.39 is 0 Å². The fourth-order valence-electron chi connectivity index (χ4n) is 3.28. The third-order valence-corrected chi connectivity index (χ3v) is 4.87. The van der Waals surface area contributed by atoms with Gasteiger partial charge in [0.15, 0.2) is 5.65 Å². The highest BCUT2D eigenvalue weighted by molar-refractivity contribution is 5.94. The van der Waals surface area contributed by atoms with Gasteiger partial charge in [-0.25, -0.2) is 14.4 Å². The molecule has 2 aromatic carbocycles. The lowest BCUT2D eigenvalue weighted by Crippen LogP contribution is -2.27. The van der Waals surface area contributed by atoms with Gasteiger partial charge in [0.1, 0.15) is 17.2 Å². The largest absolute Gasteiger partial charge is 0.378 e. The molecule has 0 unspecified atom stereocenters. The highest BCUT2D eigenvalue weighted by Crippen LogP contribution is 2.23. The molecule has 30 heavy (non-hydrogen) atoms. The molecule has 0 atom stereocenters. The first kappa shape index (κ1) is 19.6. The molecule has 0 spiro atoms. The fraction of sp³-hybridized carbons (Fsp3) is 0.174. The molecule has 152 valence electrons. The maximum atomic E-state index is 13.3. The number of aromatic nitrogens is 3. The zero-order valence-electron chi connectivity index (χ0n) is 16.8. The number of halogens is 1. The lowest BCUT2D eigenvalue weighted by molar-refractivity contribution is 0.0952. The van der Waals surface area contributed by atoms with E-state index >= 15 is 0 Å². The second-order valence-corrected chi connectivity index (χ2v) is 7.14. The van der Waals surface area contributed by atoms with Crippen LogP contribution in [-0.2, 0) is 6.54 Å². The number of carbonyl (C=O) groups excluding carboxylic acids is 1. The Balaban J connectivity index is 1.52. The van der Waals surface area contributed by atoms with Crippen LogP contribution in [-0.4, -0.2) is 41.1 Å². The molecule has 0 radical (unpaired) electrons. The third-order valence-electron chi connectivity index (χ3n) is 4.87. The van der Waals surface area contributed by atoms with Crippen molar-refractivity contribution in [2.24, 2.45) is 0 Å². The summed E-state index contributed by atoms with van der Waals surface area (Å²) >= 11 is 0. The molecule has 0 saturated carbocycles. The number of amides is 1. The van der Waals surface area contributed by atoms with E-state index in [2.05, 4.69) is 15.3 Å². The average Bonchev–Trinajstić information content (AvgIpc) is 3.13. The molecule has 7 heteroatoms. The summed E-state index contributed by atoms with van der Waals surface area (Å²) in [6.45, 7) is 0.895. The van der Waals surface area contributed by atoms with E-state index in [1.54, 1.807) is 18.3 Å². The Bertz CT molecular complexity index is 1170. The number of rotatable bonds is 6. The standard InChI is InChI=1S/C23H22FN5O/c1-28(2)19-11-7-17(8-12-19)23(30)26-14-15-29-21(16-5-9-18(24)10-6-16)27-20-4-3-13-25-22(20)29/h3-13H,14-15H2,1-2H3,(H,26,30). The van der Waals surface area contributed by atoms with Crippen LogP contribution in [0.15, 0.2) is 66.9 Å². The first-order valence-electron chi connectivity index (χ1n) is 9.66. The molecule has 0 saturated heterocycles. The van der Waals surface area contributed by atoms with Crippen molar-refractivity contribution < 1.29 is 9.18 Å². The second kappa shape index (κ2) is 8.32. The quantitative estimate of drug-likeness (QED) is 0.533. The Hall–Kier alpha value is -3.74. The van der Waals surface area contributed by atoms with Gasteiger partial charge in [0.05, 0.1) is 0 Å². The topological polar surface area (TPSA) is 63.1 Å². The Labute approximate surface area is 174 Å². The van der Waals surface area contributed by atoms with E-state index in [0.29, 0.717) is 24.5 Å². The highest BCUT2D eigenvalue weighted by atomic mass is 19.1. The van der Waals surface area contributed by atoms with E-state index in [1.807, 2.05) is 60.0 Å². The van der Waals surface area contributed by atoms with Crippen molar-refractivity contribution >= 4 is 22.8 Å². The lowest BCUT2D eigenvalue weighted by Gasteiger charge is -2.13. The molecular formula is C23H22FN5O. The van der Waals surface area contributed by atoms with Crippen molar-refractivity contribution in [1.82, 2.24) is 19.9 Å². The Kier molecular flexibility index (Phi) is 5.43. The number of nitrogens with zero attached hydrogens (tertiary/aromatic N) is 4. The maximum Gasteiger partial charge on any atom is 0.251 e. The minimum Gasteiger partial charge on any atom is -0.378 e. The van der Waals surface area contributed by atoms with Gasteiger partial charge in [0.2, 0.25) is 0 Å². The fourth-order valence-corrected chi connectivity index (χ4v) is 3.28. The van der Waals surface area contributed by atoms with Crippen LogP contribution in [0, 0.1) is 5.82 Å². The third kappa shape index (κ3) is 4.00. The minimum atomic E-state index is -0.299. The van der Waals surface area contributed by atoms with Gasteiger partial charge in [0.25, 0.3) is 5.91 Å². The molecule has 2 aromatic heterocycles. The van der Waals surface area contributed by atoms with Crippen LogP contribution in [0.2, 0.25) is 0 Å². The van der Waals surface area contributed by atoms with Gasteiger partial charge in [-0.05, 0) is 60.7 Å². The molecule has 4 rings (SSSR count). The molecule has 2 heterocycles. The van der Waals surface area contributed by atoms with Crippen LogP contribution in [0.25, 0.3) is 22.6 Å². The summed E-state index contributed by atoms with van der Waals surface area (Å²) in [5.41, 5.74) is 3.91. The highest BCUT2D eigenvalue weighted by Gasteiger charge is 2.14. The van der Waals surface area contributed by atoms with Gasteiger partial charge in [-0.3, -0.25) is 4.79 Å². The summed E-state index contributed by atoms with van der Waals surface area (Å²) in [6, 6.07) is 17.4. The summed E-state index contributed by atoms with van der Waals surface area (Å²) in [5.74, 6) is 0.251. The number of hydrogen-bond acceptors (Lipinski definition) is 4. The summed E-state index contributed by atoms with van der Waals surface area (Å²) in [6.07, 6.45) is 1.71. The van der Waals surface area contributed by atoms with E-state index in [-0.39, 0.29) is 11.7 Å². The molecule has 1 N–H and O–H groups in total. The van der Waals surface area contributed by atoms with Gasteiger partial charge in [0, 0.05) is 50.2 Å². The SMILES string of the molecule is CN(C)c1ccc(C(=O)NCCn2c(-c3ccc(F)cc3)nc3cccnc32)cc1. The molecule has 6 nitrogen and oxygen atoms in total. The van der Waals surface area contributed by atoms with E-state index in [4.69, 9.17) is 0 Å². The number of nitrogens with one attached hydrogen (secondary N) is 1. The number of anilines is 1. The molecule has 1 amide bonds. The monoisotopic (exact) mass is 403 g/mol. The predicted octanol–water partition coefficient (Wildman–Crippen LogP) is 3.73. The minimum absolute atomic E-state index is 0.138. The summed E-state index contributed by atoms with van der Waals surface area (Å²) < 4.78 is 15.3. The van der Waals surface area contributed by atoms with E-state index in [1.165, 1.54) is 12.1 Å². The number of carbonyl (C=O) groups is 1. The van der Waals surface area contributed by atoms with Gasteiger partial charge in [-0.15, -0.1) is 0 Å². The first-order valence-corrected chi connectivity index (χ1v) is 9.66. The molecule has 0 aliphatic carbocycles. The lowest BCUT2D eigenvalue weighted by atomic mass is 10.2. The first-order chi connectivity index (χ1) is 14.5. The van der Waals surface area contributed by atoms with Crippen molar-refractivity contribution in [2.45, 2.75) is 6.54 Å². The average molecular weight is 403 g/mol. The predicted molar refractivity (Wildman–Crippen MR) is 116 cm³/mol. The second-order valence-electron chi connectivity index (χ2n) is 7.14. The number of hydrogen-bond donors (Lipinski definition) is 1. The van der Waals surface area contributed by atoms with Crippen LogP contribution in [0.1, 0.15) is 10.4 Å². The van der Waals surface area contributed by atoms with Crippen molar-refractivity contribution in [2.75, 3.05) is 25.5 Å². The van der Waals surface area contributed by atoms with Crippen molar-refractivity contribution in [1.29, 1.82) is 0 Å². The van der Waals surface area contributed by atoms with Gasteiger partial charge in [-0.1, -0.05) is 0 Å². The Morgan fingerprint density at radius 2 is 1.80 bits per heavy atom. The Morgan fingerprint density at radius 1 is 1.07 bits per heavy atom. The Morgan fingerprint density at radius 3 is 2.50 bits per heavy atom. The number of pyridine rings is 1. The number of benzene rings is 2.